The van der Waals surface area contributed by atoms with Crippen molar-refractivity contribution in [2.24, 2.45) is 5.92 Å². The number of anilines is 2. The molecule has 3 aromatic heterocycles. The van der Waals surface area contributed by atoms with Gasteiger partial charge in [-0.1, -0.05) is 24.3 Å². The van der Waals surface area contributed by atoms with Crippen LogP contribution < -0.4 is 5.32 Å². The molecule has 2 fully saturated rings. The Bertz CT molecular complexity index is 2440. The number of carbonyl (C=O) groups is 1. The van der Waals surface area contributed by atoms with Crippen molar-refractivity contribution in [3.05, 3.63) is 94.4 Å². The number of rotatable bonds is 9. The summed E-state index contributed by atoms with van der Waals surface area (Å²) in [5.41, 5.74) is 10.6. The zero-order valence-corrected chi connectivity index (χ0v) is 29.9. The average molecular weight is 709 g/mol. The van der Waals surface area contributed by atoms with Gasteiger partial charge < -0.3 is 19.9 Å². The number of carboxylic acids is 1. The van der Waals surface area contributed by atoms with Gasteiger partial charge in [0.2, 0.25) is 5.89 Å². The van der Waals surface area contributed by atoms with Crippen LogP contribution in [0.1, 0.15) is 46.5 Å². The molecule has 53 heavy (non-hydrogen) atoms. The van der Waals surface area contributed by atoms with E-state index in [0.717, 1.165) is 63.1 Å². The summed E-state index contributed by atoms with van der Waals surface area (Å²) < 4.78 is 6.28. The van der Waals surface area contributed by atoms with Gasteiger partial charge >= 0.3 is 5.97 Å². The maximum Gasteiger partial charge on any atom is 0.307 e. The van der Waals surface area contributed by atoms with E-state index in [9.17, 15) is 20.3 Å². The van der Waals surface area contributed by atoms with Gasteiger partial charge in [-0.3, -0.25) is 19.6 Å². The molecule has 12 nitrogen and oxygen atoms in total. The van der Waals surface area contributed by atoms with E-state index in [-0.39, 0.29) is 12.0 Å². The van der Waals surface area contributed by atoms with Gasteiger partial charge in [-0.15, -0.1) is 0 Å². The monoisotopic (exact) mass is 708 g/mol. The van der Waals surface area contributed by atoms with Gasteiger partial charge in [0, 0.05) is 50.2 Å². The molecule has 0 spiro atoms. The Kier molecular flexibility index (Phi) is 9.08. The number of aliphatic hydroxyl groups is 1. The lowest BCUT2D eigenvalue weighted by atomic mass is 9.93. The fourth-order valence-corrected chi connectivity index (χ4v) is 7.73. The average Bonchev–Trinajstić information content (AvgIpc) is 3.89. The number of aliphatic hydroxyl groups excluding tert-OH is 1. The number of aliphatic carboxylic acids is 1. The van der Waals surface area contributed by atoms with E-state index in [2.05, 4.69) is 46.3 Å². The van der Waals surface area contributed by atoms with E-state index in [4.69, 9.17) is 24.4 Å². The van der Waals surface area contributed by atoms with Gasteiger partial charge in [0.25, 0.3) is 0 Å². The molecule has 0 radical (unpaired) electrons. The third-order valence-corrected chi connectivity index (χ3v) is 10.5. The van der Waals surface area contributed by atoms with Crippen LogP contribution in [-0.2, 0) is 17.9 Å². The number of nitrogens with one attached hydrogen (secondary N) is 1. The standard InChI is InChI=1S/C41H40N8O4/c1-23-31(6-4-8-33(23)40-47-36-15-26(14-29(17-42)38(36)53-40)19-48-12-10-28(21-48)41(51)52)32-7-5-9-34(24(32)2)46-39-37-35(44-25(3)45-39)16-27(18-43-37)20-49-13-11-30(50)22-49/h4-9,14-16,18,28,30,50H,10-13,19-22H2,1-3H3,(H,51,52)(H,44,45,46)/t28-,30-/m1/s1. The fraction of sp³-hybridized carbons (Fsp3) is 0.317. The number of oxazole rings is 1. The lowest BCUT2D eigenvalue weighted by molar-refractivity contribution is -0.141. The van der Waals surface area contributed by atoms with Crippen molar-refractivity contribution in [3.63, 3.8) is 0 Å². The van der Waals surface area contributed by atoms with Gasteiger partial charge in [-0.05, 0) is 104 Å². The summed E-state index contributed by atoms with van der Waals surface area (Å²) in [6.45, 7) is 9.98. The number of fused-ring (bicyclic) bond motifs is 2. The normalized spacial score (nSPS) is 17.9. The summed E-state index contributed by atoms with van der Waals surface area (Å²) in [5.74, 6) is 0.566. The zero-order valence-electron chi connectivity index (χ0n) is 29.9. The minimum Gasteiger partial charge on any atom is -0.481 e. The predicted octanol–water partition coefficient (Wildman–Crippen LogP) is 6.51. The van der Waals surface area contributed by atoms with E-state index in [1.54, 1.807) is 0 Å². The quantitative estimate of drug-likeness (QED) is 0.149. The Labute approximate surface area is 306 Å². The second-order valence-electron chi connectivity index (χ2n) is 14.3. The molecule has 8 rings (SSSR count). The second kappa shape index (κ2) is 14.0. The first-order valence-corrected chi connectivity index (χ1v) is 17.9. The highest BCUT2D eigenvalue weighted by molar-refractivity contribution is 5.90. The lowest BCUT2D eigenvalue weighted by Gasteiger charge is -2.17. The molecule has 3 aromatic carbocycles. The number of β-amino-alcohol motifs (C(OH)–C–C–N with tert-alkyl or cyclic N) is 1. The molecule has 12 heteroatoms. The Hall–Kier alpha value is -5.74. The Balaban J connectivity index is 1.08. The maximum atomic E-state index is 11.5. The predicted molar refractivity (Wildman–Crippen MR) is 201 cm³/mol. The van der Waals surface area contributed by atoms with Crippen LogP contribution in [0.5, 0.6) is 0 Å². The molecular formula is C41H40N8O4. The highest BCUT2D eigenvalue weighted by Gasteiger charge is 2.28. The van der Waals surface area contributed by atoms with Crippen LogP contribution in [0.2, 0.25) is 0 Å². The Morgan fingerprint density at radius 2 is 1.62 bits per heavy atom. The van der Waals surface area contributed by atoms with Crippen molar-refractivity contribution in [1.82, 2.24) is 29.7 Å². The summed E-state index contributed by atoms with van der Waals surface area (Å²) >= 11 is 0. The minimum atomic E-state index is -0.769. The number of aromatic nitrogens is 4. The number of likely N-dealkylation sites (tertiary alicyclic amines) is 2. The fourth-order valence-electron chi connectivity index (χ4n) is 7.73. The molecule has 2 aliphatic heterocycles. The molecule has 2 atom stereocenters. The number of hydrogen-bond acceptors (Lipinski definition) is 11. The highest BCUT2D eigenvalue weighted by atomic mass is 16.4. The van der Waals surface area contributed by atoms with Crippen LogP contribution in [0.4, 0.5) is 11.5 Å². The first-order valence-electron chi connectivity index (χ1n) is 17.9. The second-order valence-corrected chi connectivity index (χ2v) is 14.3. The van der Waals surface area contributed by atoms with Crippen molar-refractivity contribution < 1.29 is 19.4 Å². The van der Waals surface area contributed by atoms with Crippen molar-refractivity contribution in [2.75, 3.05) is 31.5 Å². The Morgan fingerprint density at radius 1 is 0.906 bits per heavy atom. The van der Waals surface area contributed by atoms with Gasteiger partial charge in [0.15, 0.2) is 11.4 Å². The number of carboxylic acid groups (broad SMARTS) is 1. The molecule has 5 heterocycles. The van der Waals surface area contributed by atoms with E-state index >= 15 is 0 Å². The molecule has 6 aromatic rings. The van der Waals surface area contributed by atoms with Crippen molar-refractivity contribution in [3.8, 4) is 28.7 Å². The first-order chi connectivity index (χ1) is 25.6. The smallest absolute Gasteiger partial charge is 0.307 e. The van der Waals surface area contributed by atoms with E-state index in [1.165, 1.54) is 0 Å². The summed E-state index contributed by atoms with van der Waals surface area (Å²) in [4.78, 5) is 34.9. The van der Waals surface area contributed by atoms with Crippen molar-refractivity contribution >= 4 is 39.6 Å². The summed E-state index contributed by atoms with van der Waals surface area (Å²) in [5, 5.41) is 32.9. The number of aryl methyl sites for hydroxylation is 1. The molecule has 0 saturated carbocycles. The summed E-state index contributed by atoms with van der Waals surface area (Å²) in [6, 6.07) is 20.3. The van der Waals surface area contributed by atoms with Crippen LogP contribution in [0.25, 0.3) is 44.7 Å². The Morgan fingerprint density at radius 3 is 2.38 bits per heavy atom. The largest absolute Gasteiger partial charge is 0.481 e. The molecule has 0 aliphatic carbocycles. The third-order valence-electron chi connectivity index (χ3n) is 10.5. The van der Waals surface area contributed by atoms with Gasteiger partial charge in [0.1, 0.15) is 22.9 Å². The van der Waals surface area contributed by atoms with Gasteiger partial charge in [-0.25, -0.2) is 15.0 Å². The van der Waals surface area contributed by atoms with E-state index in [1.807, 2.05) is 56.4 Å². The molecule has 268 valence electrons. The van der Waals surface area contributed by atoms with Gasteiger partial charge in [-0.2, -0.15) is 5.26 Å². The molecule has 2 saturated heterocycles. The van der Waals surface area contributed by atoms with Gasteiger partial charge in [0.05, 0.1) is 23.1 Å². The first kappa shape index (κ1) is 34.4. The van der Waals surface area contributed by atoms with Crippen LogP contribution in [0.3, 0.4) is 0 Å². The number of hydrogen-bond donors (Lipinski definition) is 3. The topological polar surface area (TPSA) is 165 Å². The third kappa shape index (κ3) is 6.82. The SMILES string of the molecule is Cc1nc(Nc2cccc(-c3cccc(-c4nc5cc(CN6CC[C@@H](C(=O)O)C6)cc(C#N)c5o4)c3C)c2C)c2ncc(CN3CC[C@@H](O)C3)cc2n1. The van der Waals surface area contributed by atoms with Crippen molar-refractivity contribution in [2.45, 2.75) is 52.8 Å². The van der Waals surface area contributed by atoms with E-state index < -0.39 is 5.97 Å². The van der Waals surface area contributed by atoms with Crippen LogP contribution in [-0.4, -0.2) is 78.2 Å². The highest BCUT2D eigenvalue weighted by Crippen LogP contribution is 2.38. The zero-order chi connectivity index (χ0) is 36.8. The number of pyridine rings is 1. The van der Waals surface area contributed by atoms with Crippen LogP contribution in [0.15, 0.2) is 65.2 Å². The molecule has 3 N–H and O–H groups in total. The van der Waals surface area contributed by atoms with Crippen LogP contribution >= 0.6 is 0 Å². The summed E-state index contributed by atoms with van der Waals surface area (Å²) in [6.07, 6.45) is 3.00. The number of benzene rings is 3. The molecular weight excluding hydrogens is 669 g/mol. The summed E-state index contributed by atoms with van der Waals surface area (Å²) in [7, 11) is 0. The molecule has 0 unspecified atom stereocenters. The van der Waals surface area contributed by atoms with E-state index in [0.29, 0.717) is 78.9 Å². The maximum absolute atomic E-state index is 11.5. The number of nitriles is 1. The minimum absolute atomic E-state index is 0.272. The van der Waals surface area contributed by atoms with Crippen molar-refractivity contribution in [1.29, 1.82) is 5.26 Å². The van der Waals surface area contributed by atoms with Crippen LogP contribution in [0, 0.1) is 38.0 Å². The molecule has 2 aliphatic rings. The lowest BCUT2D eigenvalue weighted by Crippen LogP contribution is -2.22. The number of nitrogens with zero attached hydrogens (tertiary/aromatic N) is 7. The molecule has 0 bridgehead atoms. The molecule has 0 amide bonds.